The Bertz CT molecular complexity index is 560. The van der Waals surface area contributed by atoms with Crippen molar-refractivity contribution in [1.29, 1.82) is 0 Å². The van der Waals surface area contributed by atoms with E-state index in [-0.39, 0.29) is 5.41 Å². The Hall–Kier alpha value is -0.760. The smallest absolute Gasteiger partial charge is 0.0959 e. The predicted octanol–water partition coefficient (Wildman–Crippen LogP) is 4.98. The summed E-state index contributed by atoms with van der Waals surface area (Å²) in [6.07, 6.45) is 12.7. The van der Waals surface area contributed by atoms with Gasteiger partial charge in [0, 0.05) is 6.42 Å². The molecule has 0 aliphatic heterocycles. The van der Waals surface area contributed by atoms with Crippen LogP contribution in [0, 0.1) is 23.2 Å². The fourth-order valence-corrected chi connectivity index (χ4v) is 6.74. The van der Waals surface area contributed by atoms with Crippen LogP contribution in [0.2, 0.25) is 0 Å². The van der Waals surface area contributed by atoms with E-state index in [0.717, 1.165) is 43.4 Å². The Morgan fingerprint density at radius 3 is 2.83 bits per heavy atom. The minimum Gasteiger partial charge on any atom is -0.501 e. The third kappa shape index (κ3) is 2.10. The van der Waals surface area contributed by atoms with Crippen LogP contribution in [-0.4, -0.2) is 17.8 Å². The second kappa shape index (κ2) is 5.37. The zero-order chi connectivity index (χ0) is 16.2. The first-order chi connectivity index (χ1) is 11.0. The normalized spacial score (nSPS) is 45.9. The molecule has 5 atom stereocenters. The van der Waals surface area contributed by atoms with Gasteiger partial charge >= 0.3 is 0 Å². The molecular weight excluding hydrogens is 284 g/mol. The quantitative estimate of drug-likeness (QED) is 0.728. The number of aliphatic hydroxyl groups is 1. The van der Waals surface area contributed by atoms with Gasteiger partial charge in [-0.05, 0) is 80.6 Å². The zero-order valence-corrected chi connectivity index (χ0v) is 15.0. The molecule has 0 aromatic rings. The van der Waals surface area contributed by atoms with E-state index in [2.05, 4.69) is 19.9 Å². The van der Waals surface area contributed by atoms with Crippen LogP contribution in [0.5, 0.6) is 0 Å². The third-order valence-electron chi connectivity index (χ3n) is 8.22. The van der Waals surface area contributed by atoms with E-state index in [1.165, 1.54) is 37.9 Å². The molecule has 0 radical (unpaired) electrons. The Morgan fingerprint density at radius 2 is 2.09 bits per heavy atom. The van der Waals surface area contributed by atoms with Gasteiger partial charge in [0.05, 0.1) is 18.5 Å². The number of methoxy groups -OCH3 is 1. The summed E-state index contributed by atoms with van der Waals surface area (Å²) in [6.45, 7) is 4.58. The molecule has 2 fully saturated rings. The van der Waals surface area contributed by atoms with Crippen molar-refractivity contribution in [3.63, 3.8) is 0 Å². The Morgan fingerprint density at radius 1 is 1.26 bits per heavy atom. The van der Waals surface area contributed by atoms with Gasteiger partial charge in [0.15, 0.2) is 0 Å². The SMILES string of the molecule is CC[C@@]1(O)CCC2C3CCC4=C(CC=C(OC)C4)C3CCC21C. The van der Waals surface area contributed by atoms with Crippen LogP contribution in [0.4, 0.5) is 0 Å². The molecule has 23 heavy (non-hydrogen) atoms. The van der Waals surface area contributed by atoms with Gasteiger partial charge in [-0.3, -0.25) is 0 Å². The van der Waals surface area contributed by atoms with Crippen LogP contribution in [-0.2, 0) is 4.74 Å². The summed E-state index contributed by atoms with van der Waals surface area (Å²) >= 11 is 0. The van der Waals surface area contributed by atoms with Crippen LogP contribution >= 0.6 is 0 Å². The van der Waals surface area contributed by atoms with E-state index in [0.29, 0.717) is 0 Å². The van der Waals surface area contributed by atoms with Crippen molar-refractivity contribution in [2.75, 3.05) is 7.11 Å². The summed E-state index contributed by atoms with van der Waals surface area (Å²) in [7, 11) is 1.80. The molecule has 4 rings (SSSR count). The van der Waals surface area contributed by atoms with E-state index in [1.54, 1.807) is 18.3 Å². The first kappa shape index (κ1) is 15.7. The predicted molar refractivity (Wildman–Crippen MR) is 92.9 cm³/mol. The average Bonchev–Trinajstić information content (AvgIpc) is 2.86. The molecule has 0 heterocycles. The summed E-state index contributed by atoms with van der Waals surface area (Å²) in [5, 5.41) is 11.2. The lowest BCUT2D eigenvalue weighted by molar-refractivity contribution is -0.108. The standard InChI is InChI=1S/C21H32O2/c1-4-21(22)12-10-19-18-7-5-14-13-15(23-3)6-8-16(14)17(18)9-11-20(19,21)2/h6,17-19,22H,4-5,7-13H2,1-3H3/t17?,18?,19?,20?,21-/m1/s1. The number of allylic oxidation sites excluding steroid dienone is 3. The second-order valence-corrected chi connectivity index (χ2v) is 8.68. The lowest BCUT2D eigenvalue weighted by atomic mass is 9.52. The highest BCUT2D eigenvalue weighted by atomic mass is 16.5. The minimum atomic E-state index is -0.410. The van der Waals surface area contributed by atoms with Crippen molar-refractivity contribution in [3.8, 4) is 0 Å². The van der Waals surface area contributed by atoms with E-state index in [4.69, 9.17) is 4.74 Å². The molecule has 1 N–H and O–H groups in total. The molecule has 2 nitrogen and oxygen atoms in total. The Kier molecular flexibility index (Phi) is 3.68. The lowest BCUT2D eigenvalue weighted by Gasteiger charge is -2.54. The third-order valence-corrected chi connectivity index (χ3v) is 8.22. The Balaban J connectivity index is 1.61. The second-order valence-electron chi connectivity index (χ2n) is 8.68. The topological polar surface area (TPSA) is 29.5 Å². The monoisotopic (exact) mass is 316 g/mol. The molecule has 4 unspecified atom stereocenters. The fraction of sp³-hybridized carbons (Fsp3) is 0.810. The van der Waals surface area contributed by atoms with E-state index in [1.807, 2.05) is 0 Å². The summed E-state index contributed by atoms with van der Waals surface area (Å²) < 4.78 is 5.50. The molecule has 0 amide bonds. The van der Waals surface area contributed by atoms with Gasteiger partial charge in [-0.1, -0.05) is 25.0 Å². The van der Waals surface area contributed by atoms with Crippen molar-refractivity contribution in [3.05, 3.63) is 23.0 Å². The summed E-state index contributed by atoms with van der Waals surface area (Å²) in [5.41, 5.74) is 3.17. The van der Waals surface area contributed by atoms with Crippen molar-refractivity contribution < 1.29 is 9.84 Å². The van der Waals surface area contributed by atoms with E-state index < -0.39 is 5.60 Å². The van der Waals surface area contributed by atoms with Crippen LogP contribution < -0.4 is 0 Å². The van der Waals surface area contributed by atoms with Gasteiger partial charge in [-0.2, -0.15) is 0 Å². The van der Waals surface area contributed by atoms with Gasteiger partial charge in [0.1, 0.15) is 0 Å². The molecule has 2 heteroatoms. The fourth-order valence-electron chi connectivity index (χ4n) is 6.74. The number of ether oxygens (including phenoxy) is 1. The number of hydrogen-bond acceptors (Lipinski definition) is 2. The van der Waals surface area contributed by atoms with Crippen molar-refractivity contribution in [2.24, 2.45) is 23.2 Å². The van der Waals surface area contributed by atoms with Crippen LogP contribution in [0.1, 0.15) is 71.6 Å². The molecule has 2 saturated carbocycles. The number of rotatable bonds is 2. The molecule has 0 aromatic carbocycles. The summed E-state index contributed by atoms with van der Waals surface area (Å²) in [6, 6.07) is 0. The minimum absolute atomic E-state index is 0.156. The molecule has 128 valence electrons. The van der Waals surface area contributed by atoms with Crippen LogP contribution in [0.25, 0.3) is 0 Å². The van der Waals surface area contributed by atoms with Crippen molar-refractivity contribution >= 4 is 0 Å². The first-order valence-electron chi connectivity index (χ1n) is 9.68. The van der Waals surface area contributed by atoms with E-state index in [9.17, 15) is 5.11 Å². The number of hydrogen-bond donors (Lipinski definition) is 1. The highest BCUT2D eigenvalue weighted by molar-refractivity contribution is 5.33. The van der Waals surface area contributed by atoms with Gasteiger partial charge in [0.2, 0.25) is 0 Å². The first-order valence-corrected chi connectivity index (χ1v) is 9.68. The maximum atomic E-state index is 11.2. The molecule has 0 saturated heterocycles. The van der Waals surface area contributed by atoms with Gasteiger partial charge in [-0.25, -0.2) is 0 Å². The van der Waals surface area contributed by atoms with Crippen LogP contribution in [0.15, 0.2) is 23.0 Å². The van der Waals surface area contributed by atoms with Crippen LogP contribution in [0.3, 0.4) is 0 Å². The molecule has 0 aromatic heterocycles. The molecule has 4 aliphatic rings. The highest BCUT2D eigenvalue weighted by Crippen LogP contribution is 2.64. The van der Waals surface area contributed by atoms with Gasteiger partial charge in [-0.15, -0.1) is 0 Å². The highest BCUT2D eigenvalue weighted by Gasteiger charge is 2.60. The summed E-state index contributed by atoms with van der Waals surface area (Å²) in [5.74, 6) is 3.49. The van der Waals surface area contributed by atoms with Gasteiger partial charge < -0.3 is 9.84 Å². The molecule has 4 aliphatic carbocycles. The zero-order valence-electron chi connectivity index (χ0n) is 15.0. The lowest BCUT2D eigenvalue weighted by Crippen LogP contribution is -2.51. The average molecular weight is 316 g/mol. The largest absolute Gasteiger partial charge is 0.501 e. The maximum absolute atomic E-state index is 11.2. The summed E-state index contributed by atoms with van der Waals surface area (Å²) in [4.78, 5) is 0. The molecular formula is C21H32O2. The van der Waals surface area contributed by atoms with Crippen molar-refractivity contribution in [1.82, 2.24) is 0 Å². The Labute approximate surface area is 141 Å². The maximum Gasteiger partial charge on any atom is 0.0959 e. The van der Waals surface area contributed by atoms with E-state index >= 15 is 0 Å². The number of fused-ring (bicyclic) bond motifs is 4. The molecule has 0 spiro atoms. The van der Waals surface area contributed by atoms with Gasteiger partial charge in [0.25, 0.3) is 0 Å². The van der Waals surface area contributed by atoms with Crippen molar-refractivity contribution in [2.45, 2.75) is 77.2 Å². The molecule has 0 bridgehead atoms.